The maximum absolute atomic E-state index is 6.27. The fourth-order valence-electron chi connectivity index (χ4n) is 4.08. The molecule has 1 fully saturated rings. The molecule has 1 aliphatic carbocycles. The van der Waals surface area contributed by atoms with Gasteiger partial charge in [0.2, 0.25) is 0 Å². The van der Waals surface area contributed by atoms with Crippen LogP contribution in [-0.4, -0.2) is 28.7 Å². The Kier molecular flexibility index (Phi) is 5.62. The highest BCUT2D eigenvalue weighted by atomic mass is 16.6. The van der Waals surface area contributed by atoms with Gasteiger partial charge in [-0.1, -0.05) is 30.3 Å². The van der Waals surface area contributed by atoms with Gasteiger partial charge in [0, 0.05) is 0 Å². The molecule has 164 valence electrons. The molecule has 1 unspecified atom stereocenters. The largest absolute Gasteiger partial charge is 0.455 e. The lowest BCUT2D eigenvalue weighted by Crippen LogP contribution is -2.37. The van der Waals surface area contributed by atoms with Gasteiger partial charge in [-0.25, -0.2) is 5.48 Å². The summed E-state index contributed by atoms with van der Waals surface area (Å²) in [5, 5.41) is 8.35. The third-order valence-electron chi connectivity index (χ3n) is 6.16. The van der Waals surface area contributed by atoms with Crippen LogP contribution in [0.1, 0.15) is 52.3 Å². The molecular formula is C26H28N4O2. The predicted molar refractivity (Wildman–Crippen MR) is 124 cm³/mol. The molecule has 1 saturated carbocycles. The van der Waals surface area contributed by atoms with Crippen molar-refractivity contribution in [2.24, 2.45) is 4.99 Å². The first kappa shape index (κ1) is 20.6. The molecule has 2 aromatic carbocycles. The molecule has 6 nitrogen and oxygen atoms in total. The number of ether oxygens (including phenoxy) is 1. The van der Waals surface area contributed by atoms with Gasteiger partial charge in [-0.15, -0.1) is 0 Å². The zero-order valence-corrected chi connectivity index (χ0v) is 18.8. The molecule has 1 atom stereocenters. The average molecular weight is 429 g/mol. The van der Waals surface area contributed by atoms with E-state index in [9.17, 15) is 0 Å². The van der Waals surface area contributed by atoms with E-state index in [1.807, 2.05) is 19.1 Å². The predicted octanol–water partition coefficient (Wildman–Crippen LogP) is 4.96. The van der Waals surface area contributed by atoms with Crippen molar-refractivity contribution in [2.75, 3.05) is 6.61 Å². The van der Waals surface area contributed by atoms with Crippen molar-refractivity contribution in [1.29, 1.82) is 0 Å². The summed E-state index contributed by atoms with van der Waals surface area (Å²) in [5.41, 5.74) is 9.67. The topological polar surface area (TPSA) is 68.6 Å². The maximum Gasteiger partial charge on any atom is 0.160 e. The molecule has 2 heterocycles. The van der Waals surface area contributed by atoms with Gasteiger partial charge in [-0.05, 0) is 80.3 Å². The van der Waals surface area contributed by atoms with Crippen molar-refractivity contribution < 1.29 is 9.57 Å². The number of nitrogens with one attached hydrogen (secondary N) is 1. The molecule has 1 aromatic heterocycles. The van der Waals surface area contributed by atoms with Crippen LogP contribution in [0.4, 0.5) is 0 Å². The minimum Gasteiger partial charge on any atom is -0.455 e. The Bertz CT molecular complexity index is 1170. The quantitative estimate of drug-likeness (QED) is 0.601. The molecule has 5 rings (SSSR count). The fourth-order valence-corrected chi connectivity index (χ4v) is 4.08. The highest BCUT2D eigenvalue weighted by molar-refractivity contribution is 6.01. The highest BCUT2D eigenvalue weighted by Gasteiger charge is 2.25. The molecule has 1 N–H and O–H groups in total. The minimum atomic E-state index is 0.00645. The summed E-state index contributed by atoms with van der Waals surface area (Å²) >= 11 is 0. The van der Waals surface area contributed by atoms with Gasteiger partial charge >= 0.3 is 0 Å². The molecule has 6 heteroatoms. The number of hydrogen-bond donors (Lipinski definition) is 1. The molecule has 0 amide bonds. The molecule has 0 radical (unpaired) electrons. The Labute approximate surface area is 188 Å². The number of aromatic nitrogens is 2. The van der Waals surface area contributed by atoms with E-state index in [2.05, 4.69) is 59.9 Å². The Balaban J connectivity index is 1.42. The number of aryl methyl sites for hydroxylation is 3. The van der Waals surface area contributed by atoms with Crippen LogP contribution in [0.3, 0.4) is 0 Å². The lowest BCUT2D eigenvalue weighted by Gasteiger charge is -2.24. The van der Waals surface area contributed by atoms with Gasteiger partial charge in [0.1, 0.15) is 5.75 Å². The Hall–Kier alpha value is -3.25. The second-order valence-corrected chi connectivity index (χ2v) is 8.79. The average Bonchev–Trinajstić information content (AvgIpc) is 3.63. The molecule has 1 aliphatic heterocycles. The van der Waals surface area contributed by atoms with Gasteiger partial charge in [-0.3, -0.25) is 9.83 Å². The van der Waals surface area contributed by atoms with Crippen LogP contribution in [0, 0.1) is 20.8 Å². The molecule has 0 bridgehead atoms. The van der Waals surface area contributed by atoms with Crippen molar-refractivity contribution in [3.05, 3.63) is 82.2 Å². The standard InChI is InChI=1S/C26H28N4O2/c1-16-7-8-19(11-17(16)2)12-22-15-31-30-26(28-22)25-18(3)29-27-14-24(25)32-23-6-4-5-21(13-23)20-9-10-20/h4-8,11,13-14,20,22H,9-10,12,15H2,1-3H3,(H,28,30). The summed E-state index contributed by atoms with van der Waals surface area (Å²) in [7, 11) is 0. The highest BCUT2D eigenvalue weighted by Crippen LogP contribution is 2.41. The van der Waals surface area contributed by atoms with Crippen LogP contribution in [0.15, 0.2) is 53.7 Å². The van der Waals surface area contributed by atoms with Crippen molar-refractivity contribution >= 4 is 5.84 Å². The van der Waals surface area contributed by atoms with Crippen LogP contribution in [0.2, 0.25) is 0 Å². The molecule has 0 saturated heterocycles. The molecule has 0 spiro atoms. The summed E-state index contributed by atoms with van der Waals surface area (Å²) in [6, 6.07) is 14.9. The number of rotatable bonds is 6. The smallest absolute Gasteiger partial charge is 0.160 e. The van der Waals surface area contributed by atoms with Crippen molar-refractivity contribution in [2.45, 2.75) is 52.0 Å². The van der Waals surface area contributed by atoms with E-state index in [0.717, 1.165) is 23.4 Å². The number of aliphatic imine (C=N–C) groups is 1. The summed E-state index contributed by atoms with van der Waals surface area (Å²) in [6.07, 6.45) is 4.96. The zero-order valence-electron chi connectivity index (χ0n) is 18.8. The minimum absolute atomic E-state index is 0.00645. The van der Waals surface area contributed by atoms with E-state index in [1.54, 1.807) is 6.20 Å². The monoisotopic (exact) mass is 428 g/mol. The zero-order chi connectivity index (χ0) is 22.1. The van der Waals surface area contributed by atoms with Crippen LogP contribution < -0.4 is 10.2 Å². The summed E-state index contributed by atoms with van der Waals surface area (Å²) < 4.78 is 6.27. The van der Waals surface area contributed by atoms with Crippen molar-refractivity contribution in [1.82, 2.24) is 15.7 Å². The first-order chi connectivity index (χ1) is 15.6. The first-order valence-electron chi connectivity index (χ1n) is 11.2. The van der Waals surface area contributed by atoms with E-state index >= 15 is 0 Å². The van der Waals surface area contributed by atoms with Crippen LogP contribution >= 0.6 is 0 Å². The van der Waals surface area contributed by atoms with Crippen molar-refractivity contribution in [3.63, 3.8) is 0 Å². The Morgan fingerprint density at radius 2 is 1.94 bits per heavy atom. The Morgan fingerprint density at radius 3 is 2.75 bits per heavy atom. The molecule has 2 aliphatic rings. The van der Waals surface area contributed by atoms with Gasteiger partial charge in [-0.2, -0.15) is 10.2 Å². The maximum atomic E-state index is 6.27. The van der Waals surface area contributed by atoms with E-state index in [1.165, 1.54) is 35.1 Å². The summed E-state index contributed by atoms with van der Waals surface area (Å²) in [4.78, 5) is 10.7. The van der Waals surface area contributed by atoms with Crippen molar-refractivity contribution in [3.8, 4) is 11.5 Å². The number of hydroxylamine groups is 1. The summed E-state index contributed by atoms with van der Waals surface area (Å²) in [6.45, 7) is 6.69. The fraction of sp³-hybridized carbons (Fsp3) is 0.346. The van der Waals surface area contributed by atoms with Gasteiger partial charge in [0.15, 0.2) is 11.6 Å². The molecular weight excluding hydrogens is 400 g/mol. The van der Waals surface area contributed by atoms with Gasteiger partial charge < -0.3 is 4.74 Å². The first-order valence-corrected chi connectivity index (χ1v) is 11.2. The third-order valence-corrected chi connectivity index (χ3v) is 6.16. The van der Waals surface area contributed by atoms with Crippen LogP contribution in [0.25, 0.3) is 0 Å². The molecule has 3 aromatic rings. The van der Waals surface area contributed by atoms with Gasteiger partial charge in [0.05, 0.1) is 30.1 Å². The second kappa shape index (κ2) is 8.71. The SMILES string of the molecule is Cc1ccc(CC2CONC(c3c(Oc4cccc(C5CC5)c4)cnnc3C)=N2)cc1C. The summed E-state index contributed by atoms with van der Waals surface area (Å²) in [5.74, 6) is 2.71. The third kappa shape index (κ3) is 4.50. The van der Waals surface area contributed by atoms with E-state index in [4.69, 9.17) is 14.6 Å². The van der Waals surface area contributed by atoms with Crippen LogP contribution in [0.5, 0.6) is 11.5 Å². The van der Waals surface area contributed by atoms with Crippen LogP contribution in [-0.2, 0) is 11.3 Å². The van der Waals surface area contributed by atoms with E-state index < -0.39 is 0 Å². The number of amidine groups is 1. The normalized spacial score (nSPS) is 18.1. The van der Waals surface area contributed by atoms with E-state index in [-0.39, 0.29) is 6.04 Å². The van der Waals surface area contributed by atoms with E-state index in [0.29, 0.717) is 24.1 Å². The number of benzene rings is 2. The number of hydrogen-bond acceptors (Lipinski definition) is 6. The van der Waals surface area contributed by atoms with Gasteiger partial charge in [0.25, 0.3) is 0 Å². The molecule has 32 heavy (non-hydrogen) atoms. The number of nitrogens with zero attached hydrogens (tertiary/aromatic N) is 3. The lowest BCUT2D eigenvalue weighted by molar-refractivity contribution is 0.0623. The second-order valence-electron chi connectivity index (χ2n) is 8.79. The Morgan fingerprint density at radius 1 is 1.06 bits per heavy atom. The lowest BCUT2D eigenvalue weighted by atomic mass is 10.0.